The number of aryl methyl sites for hydroxylation is 1. The molecule has 0 amide bonds. The minimum absolute atomic E-state index is 0.310. The van der Waals surface area contributed by atoms with E-state index in [1.165, 1.54) is 18.4 Å². The molecule has 0 unspecified atom stereocenters. The molecule has 158 valence electrons. The highest BCUT2D eigenvalue weighted by Gasteiger charge is 2.20. The second-order valence-corrected chi connectivity index (χ2v) is 8.42. The number of aromatic amines is 1. The van der Waals surface area contributed by atoms with Crippen LogP contribution in [0, 0.1) is 6.92 Å². The molecular weight excluding hydrogens is 406 g/mol. The van der Waals surface area contributed by atoms with Crippen molar-refractivity contribution < 1.29 is 14.3 Å². The van der Waals surface area contributed by atoms with Crippen LogP contribution in [0.1, 0.15) is 33.3 Å². The monoisotopic (exact) mass is 431 g/mol. The van der Waals surface area contributed by atoms with Gasteiger partial charge in [-0.05, 0) is 55.2 Å². The van der Waals surface area contributed by atoms with Gasteiger partial charge in [0, 0.05) is 5.56 Å². The fraction of sp³-hybridized carbons (Fsp3) is 0.192. The topological polar surface area (TPSA) is 51.3 Å². The minimum Gasteiger partial charge on any atom is -0.488 e. The predicted molar refractivity (Wildman–Crippen MR) is 127 cm³/mol. The number of rotatable bonds is 7. The van der Waals surface area contributed by atoms with E-state index in [0.717, 1.165) is 50.3 Å². The van der Waals surface area contributed by atoms with Gasteiger partial charge in [-0.25, -0.2) is 4.79 Å². The minimum atomic E-state index is -0.310. The van der Waals surface area contributed by atoms with Gasteiger partial charge in [0.2, 0.25) is 0 Å². The zero-order valence-corrected chi connectivity index (χ0v) is 18.7. The van der Waals surface area contributed by atoms with Crippen molar-refractivity contribution in [2.75, 3.05) is 7.11 Å². The second-order valence-electron chi connectivity index (χ2n) is 7.37. The molecule has 0 saturated carbocycles. The lowest BCUT2D eigenvalue weighted by atomic mass is 10.0. The van der Waals surface area contributed by atoms with Crippen LogP contribution in [0.15, 0.2) is 66.7 Å². The number of allylic oxidation sites excluding steroid dienone is 2. The van der Waals surface area contributed by atoms with E-state index in [1.807, 2.05) is 37.3 Å². The van der Waals surface area contributed by atoms with Crippen molar-refractivity contribution in [3.63, 3.8) is 0 Å². The Labute approximate surface area is 186 Å². The highest BCUT2D eigenvalue weighted by Crippen LogP contribution is 2.40. The number of hydrogen-bond donors (Lipinski definition) is 1. The number of fused-ring (bicyclic) bond motifs is 1. The lowest BCUT2D eigenvalue weighted by Gasteiger charge is -2.13. The predicted octanol–water partition coefficient (Wildman–Crippen LogP) is 6.69. The second kappa shape index (κ2) is 9.23. The molecule has 4 aromatic rings. The highest BCUT2D eigenvalue weighted by atomic mass is 32.1. The SMILES string of the molecule is C/C=C\Cc1c(-c2ccc(C)cc2OCc2ccccc2)[nH]c2cc(C(=O)OC)sc12. The molecule has 0 bridgehead atoms. The number of nitrogens with one attached hydrogen (secondary N) is 1. The third-order valence-electron chi connectivity index (χ3n) is 5.16. The van der Waals surface area contributed by atoms with Crippen molar-refractivity contribution >= 4 is 27.5 Å². The molecule has 2 heterocycles. The van der Waals surface area contributed by atoms with Crippen molar-refractivity contribution in [1.29, 1.82) is 0 Å². The van der Waals surface area contributed by atoms with Crippen molar-refractivity contribution in [3.05, 3.63) is 88.3 Å². The number of ether oxygens (including phenoxy) is 2. The molecular formula is C26H25NO3S. The number of carbonyl (C=O) groups is 1. The summed E-state index contributed by atoms with van der Waals surface area (Å²) in [6.07, 6.45) is 4.93. The molecule has 0 radical (unpaired) electrons. The molecule has 1 N–H and O–H groups in total. The Hall–Kier alpha value is -3.31. The summed E-state index contributed by atoms with van der Waals surface area (Å²) in [4.78, 5) is 16.1. The summed E-state index contributed by atoms with van der Waals surface area (Å²) < 4.78 is 12.2. The molecule has 31 heavy (non-hydrogen) atoms. The lowest BCUT2D eigenvalue weighted by molar-refractivity contribution is 0.0606. The lowest BCUT2D eigenvalue weighted by Crippen LogP contribution is -1.99. The molecule has 0 atom stereocenters. The average molecular weight is 432 g/mol. The van der Waals surface area contributed by atoms with E-state index in [1.54, 1.807) is 0 Å². The number of aromatic nitrogens is 1. The summed E-state index contributed by atoms with van der Waals surface area (Å²) in [6.45, 7) is 4.58. The first-order valence-electron chi connectivity index (χ1n) is 10.2. The smallest absolute Gasteiger partial charge is 0.348 e. The number of hydrogen-bond acceptors (Lipinski definition) is 4. The maximum Gasteiger partial charge on any atom is 0.348 e. The Balaban J connectivity index is 1.78. The summed E-state index contributed by atoms with van der Waals surface area (Å²) in [5.41, 5.74) is 6.40. The third-order valence-corrected chi connectivity index (χ3v) is 6.33. The van der Waals surface area contributed by atoms with E-state index in [0.29, 0.717) is 11.5 Å². The van der Waals surface area contributed by atoms with Crippen molar-refractivity contribution in [3.8, 4) is 17.0 Å². The Bertz CT molecular complexity index is 1230. The van der Waals surface area contributed by atoms with Gasteiger partial charge in [0.25, 0.3) is 0 Å². The number of carbonyl (C=O) groups excluding carboxylic acids is 1. The van der Waals surface area contributed by atoms with E-state index >= 15 is 0 Å². The Morgan fingerprint density at radius 1 is 1.13 bits per heavy atom. The standard InChI is InChI=1S/C26H25NO3S/c1-4-5-11-20-24(27-21-15-23(26(28)29-3)31-25(20)21)19-13-12-17(2)14-22(19)30-16-18-9-7-6-8-10-18/h4-10,12-15,27H,11,16H2,1-3H3/b5-4-. The van der Waals surface area contributed by atoms with Crippen LogP contribution in [-0.4, -0.2) is 18.1 Å². The van der Waals surface area contributed by atoms with Gasteiger partial charge in [-0.3, -0.25) is 0 Å². The summed E-state index contributed by atoms with van der Waals surface area (Å²) in [5.74, 6) is 0.531. The van der Waals surface area contributed by atoms with Crippen molar-refractivity contribution in [1.82, 2.24) is 4.98 Å². The average Bonchev–Trinajstić information content (AvgIpc) is 3.35. The summed E-state index contributed by atoms with van der Waals surface area (Å²) >= 11 is 1.46. The first-order chi connectivity index (χ1) is 15.1. The number of H-pyrrole nitrogens is 1. The largest absolute Gasteiger partial charge is 0.488 e. The van der Waals surface area contributed by atoms with Crippen LogP contribution in [-0.2, 0) is 17.8 Å². The molecule has 0 aliphatic rings. The molecule has 4 rings (SSSR count). The molecule has 0 aliphatic heterocycles. The van der Waals surface area contributed by atoms with Crippen molar-refractivity contribution in [2.24, 2.45) is 0 Å². The van der Waals surface area contributed by atoms with Gasteiger partial charge in [0.15, 0.2) is 0 Å². The van der Waals surface area contributed by atoms with E-state index < -0.39 is 0 Å². The number of thiophene rings is 1. The van der Waals surface area contributed by atoms with Crippen LogP contribution >= 0.6 is 11.3 Å². The quantitative estimate of drug-likeness (QED) is 0.262. The first kappa shape index (κ1) is 20.9. The Morgan fingerprint density at radius 2 is 1.94 bits per heavy atom. The van der Waals surface area contributed by atoms with Gasteiger partial charge in [-0.15, -0.1) is 11.3 Å². The molecule has 2 aromatic carbocycles. The normalized spacial score (nSPS) is 11.3. The summed E-state index contributed by atoms with van der Waals surface area (Å²) in [7, 11) is 1.41. The molecule has 0 aliphatic carbocycles. The van der Waals surface area contributed by atoms with Crippen LogP contribution in [0.2, 0.25) is 0 Å². The van der Waals surface area contributed by atoms with Gasteiger partial charge in [0.1, 0.15) is 17.2 Å². The van der Waals surface area contributed by atoms with Gasteiger partial charge in [-0.1, -0.05) is 48.6 Å². The molecule has 0 saturated heterocycles. The Morgan fingerprint density at radius 3 is 2.68 bits per heavy atom. The maximum absolute atomic E-state index is 12.0. The summed E-state index contributed by atoms with van der Waals surface area (Å²) in [6, 6.07) is 18.3. The zero-order valence-electron chi connectivity index (χ0n) is 17.9. The van der Waals surface area contributed by atoms with E-state index in [9.17, 15) is 4.79 Å². The molecule has 2 aromatic heterocycles. The van der Waals surface area contributed by atoms with Crippen LogP contribution < -0.4 is 4.74 Å². The number of esters is 1. The van der Waals surface area contributed by atoms with E-state index in [-0.39, 0.29) is 5.97 Å². The van der Waals surface area contributed by atoms with Gasteiger partial charge >= 0.3 is 5.97 Å². The fourth-order valence-corrected chi connectivity index (χ4v) is 4.68. The highest BCUT2D eigenvalue weighted by molar-refractivity contribution is 7.21. The fourth-order valence-electron chi connectivity index (χ4n) is 3.58. The van der Waals surface area contributed by atoms with Crippen LogP contribution in [0.5, 0.6) is 5.75 Å². The summed E-state index contributed by atoms with van der Waals surface area (Å²) in [5, 5.41) is 0. The third kappa shape index (κ3) is 4.42. The maximum atomic E-state index is 12.0. The van der Waals surface area contributed by atoms with Crippen LogP contribution in [0.4, 0.5) is 0 Å². The molecule has 0 spiro atoms. The van der Waals surface area contributed by atoms with E-state index in [2.05, 4.69) is 48.3 Å². The molecule has 4 nitrogen and oxygen atoms in total. The van der Waals surface area contributed by atoms with Crippen LogP contribution in [0.3, 0.4) is 0 Å². The molecule has 0 fully saturated rings. The number of methoxy groups -OCH3 is 1. The van der Waals surface area contributed by atoms with Gasteiger partial charge < -0.3 is 14.5 Å². The van der Waals surface area contributed by atoms with Gasteiger partial charge in [0.05, 0.1) is 23.0 Å². The van der Waals surface area contributed by atoms with E-state index in [4.69, 9.17) is 9.47 Å². The van der Waals surface area contributed by atoms with Crippen LogP contribution in [0.25, 0.3) is 21.5 Å². The van der Waals surface area contributed by atoms with Crippen molar-refractivity contribution in [2.45, 2.75) is 26.9 Å². The molecule has 5 heteroatoms. The zero-order chi connectivity index (χ0) is 21.8. The van der Waals surface area contributed by atoms with Gasteiger partial charge in [-0.2, -0.15) is 0 Å². The number of benzene rings is 2. The first-order valence-corrected chi connectivity index (χ1v) is 11.0. The Kier molecular flexibility index (Phi) is 6.23.